The van der Waals surface area contributed by atoms with Gasteiger partial charge in [-0.2, -0.15) is 0 Å². The molecule has 0 aromatic heterocycles. The molecule has 0 saturated carbocycles. The molecule has 2 N–H and O–H groups in total. The number of hydrogen-bond acceptors (Lipinski definition) is 3. The first-order valence-corrected chi connectivity index (χ1v) is 8.76. The minimum absolute atomic E-state index is 0.425. The third-order valence-corrected chi connectivity index (χ3v) is 5.19. The molecule has 0 aliphatic carbocycles. The van der Waals surface area contributed by atoms with Gasteiger partial charge in [-0.1, -0.05) is 18.5 Å². The van der Waals surface area contributed by atoms with Crippen LogP contribution in [-0.2, 0) is 10.0 Å². The van der Waals surface area contributed by atoms with E-state index in [1.54, 1.807) is 25.1 Å². The van der Waals surface area contributed by atoms with E-state index in [2.05, 4.69) is 26.0 Å². The molecule has 19 heavy (non-hydrogen) atoms. The van der Waals surface area contributed by atoms with E-state index in [1.165, 1.54) is 0 Å². The zero-order valence-electron chi connectivity index (χ0n) is 10.9. The SMILES string of the molecule is CCCNCC(C)S(=O)(=O)Nc1ccc(Cl)cc1Br. The van der Waals surface area contributed by atoms with Crippen molar-refractivity contribution in [1.82, 2.24) is 5.32 Å². The maximum absolute atomic E-state index is 12.1. The molecular formula is C12H18BrClN2O2S. The summed E-state index contributed by atoms with van der Waals surface area (Å²) in [5.41, 5.74) is 0.492. The number of hydrogen-bond donors (Lipinski definition) is 2. The van der Waals surface area contributed by atoms with E-state index in [0.717, 1.165) is 13.0 Å². The topological polar surface area (TPSA) is 58.2 Å². The molecule has 1 aromatic rings. The number of benzene rings is 1. The molecule has 0 saturated heterocycles. The van der Waals surface area contributed by atoms with Crippen molar-refractivity contribution in [1.29, 1.82) is 0 Å². The fraction of sp³-hybridized carbons (Fsp3) is 0.500. The van der Waals surface area contributed by atoms with E-state index in [-0.39, 0.29) is 0 Å². The molecule has 7 heteroatoms. The molecule has 0 bridgehead atoms. The second kappa shape index (κ2) is 7.47. The van der Waals surface area contributed by atoms with E-state index in [9.17, 15) is 8.42 Å². The Labute approximate surface area is 128 Å². The van der Waals surface area contributed by atoms with Gasteiger partial charge in [0.25, 0.3) is 0 Å². The van der Waals surface area contributed by atoms with Crippen LogP contribution in [-0.4, -0.2) is 26.8 Å². The van der Waals surface area contributed by atoms with E-state index in [0.29, 0.717) is 21.7 Å². The average molecular weight is 370 g/mol. The van der Waals surface area contributed by atoms with Crippen molar-refractivity contribution in [2.75, 3.05) is 17.8 Å². The number of nitrogens with one attached hydrogen (secondary N) is 2. The van der Waals surface area contributed by atoms with Crippen LogP contribution < -0.4 is 10.0 Å². The van der Waals surface area contributed by atoms with Crippen molar-refractivity contribution < 1.29 is 8.42 Å². The molecule has 0 radical (unpaired) electrons. The predicted octanol–water partition coefficient (Wildman–Crippen LogP) is 3.23. The Morgan fingerprint density at radius 3 is 2.68 bits per heavy atom. The number of rotatable bonds is 7. The Morgan fingerprint density at radius 2 is 2.11 bits per heavy atom. The van der Waals surface area contributed by atoms with Gasteiger partial charge in [0.05, 0.1) is 10.9 Å². The summed E-state index contributed by atoms with van der Waals surface area (Å²) in [5, 5.41) is 3.13. The second-order valence-corrected chi connectivity index (χ2v) is 7.68. The van der Waals surface area contributed by atoms with Crippen molar-refractivity contribution in [3.8, 4) is 0 Å². The largest absolute Gasteiger partial charge is 0.315 e. The van der Waals surface area contributed by atoms with Gasteiger partial charge in [0.15, 0.2) is 0 Å². The van der Waals surface area contributed by atoms with Crippen molar-refractivity contribution in [3.63, 3.8) is 0 Å². The van der Waals surface area contributed by atoms with Crippen LogP contribution >= 0.6 is 27.5 Å². The molecule has 0 heterocycles. The van der Waals surface area contributed by atoms with Crippen LogP contribution in [0.15, 0.2) is 22.7 Å². The number of halogens is 2. The minimum Gasteiger partial charge on any atom is -0.315 e. The monoisotopic (exact) mass is 368 g/mol. The first-order valence-electron chi connectivity index (χ1n) is 6.04. The van der Waals surface area contributed by atoms with Crippen LogP contribution in [0.1, 0.15) is 20.3 Å². The highest BCUT2D eigenvalue weighted by Gasteiger charge is 2.21. The summed E-state index contributed by atoms with van der Waals surface area (Å²) in [7, 11) is -3.41. The Hall–Kier alpha value is -0.300. The van der Waals surface area contributed by atoms with Crippen molar-refractivity contribution in [2.45, 2.75) is 25.5 Å². The number of sulfonamides is 1. The van der Waals surface area contributed by atoms with Gasteiger partial charge >= 0.3 is 0 Å². The lowest BCUT2D eigenvalue weighted by Crippen LogP contribution is -2.35. The van der Waals surface area contributed by atoms with Gasteiger partial charge in [0.2, 0.25) is 10.0 Å². The Kier molecular flexibility index (Phi) is 6.59. The first-order chi connectivity index (χ1) is 8.86. The predicted molar refractivity (Wildman–Crippen MR) is 84.3 cm³/mol. The molecule has 1 aromatic carbocycles. The molecular weight excluding hydrogens is 352 g/mol. The Bertz CT molecular complexity index is 522. The molecule has 0 spiro atoms. The highest BCUT2D eigenvalue weighted by molar-refractivity contribution is 9.10. The van der Waals surface area contributed by atoms with E-state index >= 15 is 0 Å². The van der Waals surface area contributed by atoms with Crippen LogP contribution in [0.5, 0.6) is 0 Å². The highest BCUT2D eigenvalue weighted by atomic mass is 79.9. The van der Waals surface area contributed by atoms with Gasteiger partial charge in [-0.25, -0.2) is 8.42 Å². The molecule has 1 rings (SSSR count). The third kappa shape index (κ3) is 5.30. The molecule has 1 atom stereocenters. The fourth-order valence-corrected chi connectivity index (χ4v) is 3.35. The van der Waals surface area contributed by atoms with Gasteiger partial charge in [-0.15, -0.1) is 0 Å². The molecule has 0 amide bonds. The molecule has 0 aliphatic rings. The number of anilines is 1. The Balaban J connectivity index is 2.73. The van der Waals surface area contributed by atoms with E-state index < -0.39 is 15.3 Å². The van der Waals surface area contributed by atoms with Gasteiger partial charge in [0.1, 0.15) is 0 Å². The lowest BCUT2D eigenvalue weighted by molar-refractivity contribution is 0.576. The smallest absolute Gasteiger partial charge is 0.236 e. The summed E-state index contributed by atoms with van der Waals surface area (Å²) in [5.74, 6) is 0. The van der Waals surface area contributed by atoms with E-state index in [4.69, 9.17) is 11.6 Å². The van der Waals surface area contributed by atoms with E-state index in [1.807, 2.05) is 6.92 Å². The van der Waals surface area contributed by atoms with Crippen molar-refractivity contribution >= 4 is 43.2 Å². The maximum atomic E-state index is 12.1. The average Bonchev–Trinajstić information content (AvgIpc) is 2.33. The van der Waals surface area contributed by atoms with Crippen LogP contribution in [0.4, 0.5) is 5.69 Å². The summed E-state index contributed by atoms with van der Waals surface area (Å²) in [6, 6.07) is 4.93. The minimum atomic E-state index is -3.41. The summed E-state index contributed by atoms with van der Waals surface area (Å²) in [6.45, 7) is 4.95. The van der Waals surface area contributed by atoms with Crippen LogP contribution in [0.3, 0.4) is 0 Å². The van der Waals surface area contributed by atoms with Crippen LogP contribution in [0, 0.1) is 0 Å². The molecule has 0 fully saturated rings. The van der Waals surface area contributed by atoms with Gasteiger partial charge in [-0.05, 0) is 54.0 Å². The maximum Gasteiger partial charge on any atom is 0.236 e. The third-order valence-electron chi connectivity index (χ3n) is 2.57. The molecule has 108 valence electrons. The molecule has 4 nitrogen and oxygen atoms in total. The fourth-order valence-electron chi connectivity index (χ4n) is 1.42. The highest BCUT2D eigenvalue weighted by Crippen LogP contribution is 2.27. The van der Waals surface area contributed by atoms with Gasteiger partial charge in [-0.3, -0.25) is 4.72 Å². The lowest BCUT2D eigenvalue weighted by atomic mass is 10.3. The summed E-state index contributed by atoms with van der Waals surface area (Å²) < 4.78 is 27.4. The summed E-state index contributed by atoms with van der Waals surface area (Å²) in [6.07, 6.45) is 0.975. The molecule has 1 unspecified atom stereocenters. The van der Waals surface area contributed by atoms with Gasteiger partial charge in [0, 0.05) is 16.0 Å². The first kappa shape index (κ1) is 16.8. The van der Waals surface area contributed by atoms with Crippen LogP contribution in [0.2, 0.25) is 5.02 Å². The van der Waals surface area contributed by atoms with Crippen molar-refractivity contribution in [2.24, 2.45) is 0 Å². The standard InChI is InChI=1S/C12H18BrClN2O2S/c1-3-6-15-8-9(2)19(17,18)16-12-5-4-10(14)7-11(12)13/h4-5,7,9,15-16H,3,6,8H2,1-2H3. The van der Waals surface area contributed by atoms with Gasteiger partial charge < -0.3 is 5.32 Å². The quantitative estimate of drug-likeness (QED) is 0.725. The summed E-state index contributed by atoms with van der Waals surface area (Å²) >= 11 is 9.10. The zero-order chi connectivity index (χ0) is 14.5. The molecule has 0 aliphatic heterocycles. The lowest BCUT2D eigenvalue weighted by Gasteiger charge is -2.16. The summed E-state index contributed by atoms with van der Waals surface area (Å²) in [4.78, 5) is 0. The van der Waals surface area contributed by atoms with Crippen LogP contribution in [0.25, 0.3) is 0 Å². The van der Waals surface area contributed by atoms with Crippen molar-refractivity contribution in [3.05, 3.63) is 27.7 Å². The second-order valence-electron chi connectivity index (χ2n) is 4.29. The zero-order valence-corrected chi connectivity index (χ0v) is 14.1. The normalized spacial score (nSPS) is 13.3. The Morgan fingerprint density at radius 1 is 1.42 bits per heavy atom.